The zero-order chi connectivity index (χ0) is 32.6. The van der Waals surface area contributed by atoms with Crippen LogP contribution in [0.25, 0.3) is 94.5 Å². The first-order valence-corrected chi connectivity index (χ1v) is 16.5. The second kappa shape index (κ2) is 10.5. The third kappa shape index (κ3) is 4.54. The Balaban J connectivity index is 1.16. The molecule has 232 valence electrons. The van der Waals surface area contributed by atoms with Crippen molar-refractivity contribution in [2.75, 3.05) is 0 Å². The van der Waals surface area contributed by atoms with Crippen LogP contribution in [-0.2, 0) is 0 Å². The highest BCUT2D eigenvalue weighted by Gasteiger charge is 2.18. The standard InChI is InChI=1S/C44H29N3O2/c1-26-7-19-37-41(21-26)48-43(45-37)32-13-17-35-36-18-14-33(44-46-38-20-8-27(2)22-42(38)49-44)25-40(36)47(39(35)24-32)34-15-11-29(12-16-34)31-10-9-28-5-3-4-6-30(28)23-31/h3-25H,1-2H3. The van der Waals surface area contributed by atoms with Crippen LogP contribution in [0.3, 0.4) is 0 Å². The minimum absolute atomic E-state index is 0.605. The number of aromatic nitrogens is 3. The molecule has 0 unspecified atom stereocenters. The van der Waals surface area contributed by atoms with E-state index < -0.39 is 0 Å². The third-order valence-corrected chi connectivity index (χ3v) is 9.56. The molecule has 3 aromatic heterocycles. The molecule has 0 spiro atoms. The van der Waals surface area contributed by atoms with Crippen LogP contribution in [0.2, 0.25) is 0 Å². The Bertz CT molecular complexity index is 2770. The predicted octanol–water partition coefficient (Wildman–Crippen LogP) is 11.8. The summed E-state index contributed by atoms with van der Waals surface area (Å²) in [6, 6.07) is 49.1. The number of oxazole rings is 2. The van der Waals surface area contributed by atoms with Gasteiger partial charge in [-0.05, 0) is 114 Å². The predicted molar refractivity (Wildman–Crippen MR) is 199 cm³/mol. The monoisotopic (exact) mass is 631 g/mol. The largest absolute Gasteiger partial charge is 0.436 e. The van der Waals surface area contributed by atoms with E-state index in [1.54, 1.807) is 0 Å². The van der Waals surface area contributed by atoms with Gasteiger partial charge in [0.25, 0.3) is 0 Å². The van der Waals surface area contributed by atoms with Gasteiger partial charge in [-0.1, -0.05) is 72.8 Å². The molecule has 3 heterocycles. The second-order valence-electron chi connectivity index (χ2n) is 12.9. The highest BCUT2D eigenvalue weighted by Crippen LogP contribution is 2.38. The minimum atomic E-state index is 0.605. The van der Waals surface area contributed by atoms with Crippen LogP contribution in [0.15, 0.2) is 148 Å². The van der Waals surface area contributed by atoms with Crippen molar-refractivity contribution in [2.24, 2.45) is 0 Å². The molecule has 0 aliphatic rings. The lowest BCUT2D eigenvalue weighted by atomic mass is 10.0. The van der Waals surface area contributed by atoms with Gasteiger partial charge in [-0.25, -0.2) is 9.97 Å². The topological polar surface area (TPSA) is 57.0 Å². The Labute approximate surface area is 281 Å². The summed E-state index contributed by atoms with van der Waals surface area (Å²) in [5.74, 6) is 1.21. The lowest BCUT2D eigenvalue weighted by Gasteiger charge is -2.11. The Morgan fingerprint density at radius 3 is 1.57 bits per heavy atom. The molecule has 0 fully saturated rings. The summed E-state index contributed by atoms with van der Waals surface area (Å²) in [4.78, 5) is 9.68. The first kappa shape index (κ1) is 27.6. The maximum atomic E-state index is 6.27. The molecule has 0 N–H and O–H groups in total. The summed E-state index contributed by atoms with van der Waals surface area (Å²) < 4.78 is 14.9. The van der Waals surface area contributed by atoms with E-state index in [1.165, 1.54) is 21.9 Å². The molecule has 0 amide bonds. The molecule has 0 saturated heterocycles. The number of hydrogen-bond acceptors (Lipinski definition) is 4. The van der Waals surface area contributed by atoms with Crippen LogP contribution in [0.1, 0.15) is 11.1 Å². The molecule has 0 saturated carbocycles. The van der Waals surface area contributed by atoms with Crippen molar-refractivity contribution in [1.82, 2.24) is 14.5 Å². The van der Waals surface area contributed by atoms with Crippen LogP contribution in [0.4, 0.5) is 0 Å². The van der Waals surface area contributed by atoms with Crippen molar-refractivity contribution in [2.45, 2.75) is 13.8 Å². The number of rotatable bonds is 4. The van der Waals surface area contributed by atoms with Gasteiger partial charge in [0.05, 0.1) is 11.0 Å². The number of nitrogens with zero attached hydrogens (tertiary/aromatic N) is 3. The Morgan fingerprint density at radius 1 is 0.449 bits per heavy atom. The summed E-state index contributed by atoms with van der Waals surface area (Å²) >= 11 is 0. The number of aryl methyl sites for hydroxylation is 2. The van der Waals surface area contributed by atoms with E-state index in [2.05, 4.69) is 134 Å². The molecular formula is C44H29N3O2. The maximum absolute atomic E-state index is 6.27. The van der Waals surface area contributed by atoms with E-state index in [0.717, 1.165) is 71.9 Å². The van der Waals surface area contributed by atoms with Crippen molar-refractivity contribution >= 4 is 54.8 Å². The van der Waals surface area contributed by atoms with Crippen LogP contribution >= 0.6 is 0 Å². The van der Waals surface area contributed by atoms with E-state index in [4.69, 9.17) is 18.8 Å². The summed E-state index contributed by atoms with van der Waals surface area (Å²) in [6.07, 6.45) is 0. The van der Waals surface area contributed by atoms with Gasteiger partial charge in [0.1, 0.15) is 11.0 Å². The first-order valence-electron chi connectivity index (χ1n) is 16.5. The SMILES string of the molecule is Cc1ccc2nc(-c3ccc4c5ccc(-c6nc7ccc(C)cc7o6)cc5n(-c5ccc(-c6ccc7ccccc7c6)cc5)c4c3)oc2c1. The molecule has 7 aromatic carbocycles. The van der Waals surface area contributed by atoms with E-state index in [1.807, 2.05) is 24.3 Å². The van der Waals surface area contributed by atoms with Gasteiger partial charge >= 0.3 is 0 Å². The third-order valence-electron chi connectivity index (χ3n) is 9.56. The van der Waals surface area contributed by atoms with Crippen LogP contribution in [0, 0.1) is 13.8 Å². The molecule has 49 heavy (non-hydrogen) atoms. The molecule has 5 nitrogen and oxygen atoms in total. The van der Waals surface area contributed by atoms with Crippen molar-refractivity contribution < 1.29 is 8.83 Å². The summed E-state index contributed by atoms with van der Waals surface area (Å²) in [7, 11) is 0. The molecule has 0 radical (unpaired) electrons. The summed E-state index contributed by atoms with van der Waals surface area (Å²) in [5.41, 5.74) is 13.0. The maximum Gasteiger partial charge on any atom is 0.227 e. The van der Waals surface area contributed by atoms with Gasteiger partial charge in [-0.3, -0.25) is 0 Å². The molecule has 10 aromatic rings. The first-order chi connectivity index (χ1) is 24.0. The normalized spacial score (nSPS) is 11.9. The molecule has 0 aliphatic carbocycles. The van der Waals surface area contributed by atoms with E-state index in [-0.39, 0.29) is 0 Å². The minimum Gasteiger partial charge on any atom is -0.436 e. The number of fused-ring (bicyclic) bond motifs is 6. The second-order valence-corrected chi connectivity index (χ2v) is 12.9. The lowest BCUT2D eigenvalue weighted by Crippen LogP contribution is -1.94. The fourth-order valence-corrected chi connectivity index (χ4v) is 7.05. The Kier molecular flexibility index (Phi) is 5.94. The summed E-state index contributed by atoms with van der Waals surface area (Å²) in [5, 5.41) is 4.76. The quantitative estimate of drug-likeness (QED) is 0.194. The van der Waals surface area contributed by atoms with Crippen molar-refractivity contribution in [1.29, 1.82) is 0 Å². The highest BCUT2D eigenvalue weighted by atomic mass is 16.4. The zero-order valence-electron chi connectivity index (χ0n) is 26.9. The van der Waals surface area contributed by atoms with Gasteiger partial charge in [0.2, 0.25) is 11.8 Å². The molecule has 0 bridgehead atoms. The Morgan fingerprint density at radius 2 is 0.980 bits per heavy atom. The van der Waals surface area contributed by atoms with Crippen molar-refractivity contribution in [3.8, 4) is 39.7 Å². The molecule has 10 rings (SSSR count). The van der Waals surface area contributed by atoms with E-state index in [0.29, 0.717) is 11.8 Å². The van der Waals surface area contributed by atoms with Gasteiger partial charge in [-0.15, -0.1) is 0 Å². The molecule has 0 atom stereocenters. The van der Waals surface area contributed by atoms with Crippen LogP contribution in [0.5, 0.6) is 0 Å². The van der Waals surface area contributed by atoms with Crippen LogP contribution < -0.4 is 0 Å². The van der Waals surface area contributed by atoms with Gasteiger partial charge < -0.3 is 13.4 Å². The average Bonchev–Trinajstić information content (AvgIpc) is 3.84. The highest BCUT2D eigenvalue weighted by molar-refractivity contribution is 6.11. The zero-order valence-corrected chi connectivity index (χ0v) is 26.9. The van der Waals surface area contributed by atoms with Gasteiger partial charge in [-0.2, -0.15) is 0 Å². The average molecular weight is 632 g/mol. The molecular weight excluding hydrogens is 603 g/mol. The summed E-state index contributed by atoms with van der Waals surface area (Å²) in [6.45, 7) is 4.13. The molecule has 0 aliphatic heterocycles. The Hall–Kier alpha value is -6.46. The molecule has 5 heteroatoms. The van der Waals surface area contributed by atoms with E-state index >= 15 is 0 Å². The lowest BCUT2D eigenvalue weighted by molar-refractivity contribution is 0.619. The fraction of sp³-hybridized carbons (Fsp3) is 0.0455. The fourth-order valence-electron chi connectivity index (χ4n) is 7.05. The van der Waals surface area contributed by atoms with Crippen molar-refractivity contribution in [3.63, 3.8) is 0 Å². The number of benzene rings is 7. The van der Waals surface area contributed by atoms with Gasteiger partial charge in [0.15, 0.2) is 11.2 Å². The van der Waals surface area contributed by atoms with Gasteiger partial charge in [0, 0.05) is 27.6 Å². The van der Waals surface area contributed by atoms with Crippen LogP contribution in [-0.4, -0.2) is 14.5 Å². The van der Waals surface area contributed by atoms with E-state index in [9.17, 15) is 0 Å². The number of hydrogen-bond donors (Lipinski definition) is 0. The van der Waals surface area contributed by atoms with Crippen molar-refractivity contribution in [3.05, 3.63) is 151 Å². The smallest absolute Gasteiger partial charge is 0.227 e.